The molecule has 0 unspecified atom stereocenters. The van der Waals surface area contributed by atoms with E-state index in [2.05, 4.69) is 4.98 Å². The van der Waals surface area contributed by atoms with E-state index in [1.54, 1.807) is 6.07 Å². The zero-order chi connectivity index (χ0) is 13.5. The minimum Gasteiger partial charge on any atom is -0.436 e. The van der Waals surface area contributed by atoms with Gasteiger partial charge in [-0.25, -0.2) is 18.5 Å². The fourth-order valence-corrected chi connectivity index (χ4v) is 2.32. The summed E-state index contributed by atoms with van der Waals surface area (Å²) < 4.78 is 28.1. The molecule has 0 saturated carbocycles. The standard InChI is InChI=1S/C13H10N2O3S/c14-19(16,17)10-6-7-11-12(8-10)18-13(15-11)9-4-2-1-3-5-9/h1-8H,(H2,14,16,17). The van der Waals surface area contributed by atoms with Crippen molar-refractivity contribution in [2.24, 2.45) is 5.14 Å². The average molecular weight is 274 g/mol. The van der Waals surface area contributed by atoms with Crippen LogP contribution in [-0.4, -0.2) is 13.4 Å². The molecule has 19 heavy (non-hydrogen) atoms. The predicted molar refractivity (Wildman–Crippen MR) is 70.8 cm³/mol. The van der Waals surface area contributed by atoms with Gasteiger partial charge in [0.15, 0.2) is 5.58 Å². The molecule has 0 spiro atoms. The lowest BCUT2D eigenvalue weighted by molar-refractivity contribution is 0.596. The number of primary sulfonamides is 1. The molecule has 0 aliphatic carbocycles. The zero-order valence-electron chi connectivity index (χ0n) is 9.78. The van der Waals surface area contributed by atoms with Crippen molar-refractivity contribution in [3.63, 3.8) is 0 Å². The maximum Gasteiger partial charge on any atom is 0.238 e. The molecule has 5 nitrogen and oxygen atoms in total. The van der Waals surface area contributed by atoms with Crippen LogP contribution in [0.4, 0.5) is 0 Å². The smallest absolute Gasteiger partial charge is 0.238 e. The number of sulfonamides is 1. The maximum atomic E-state index is 11.3. The van der Waals surface area contributed by atoms with Crippen molar-refractivity contribution < 1.29 is 12.8 Å². The van der Waals surface area contributed by atoms with Crippen molar-refractivity contribution in [3.05, 3.63) is 48.5 Å². The van der Waals surface area contributed by atoms with Crippen LogP contribution in [-0.2, 0) is 10.0 Å². The Hall–Kier alpha value is -2.18. The highest BCUT2D eigenvalue weighted by molar-refractivity contribution is 7.89. The highest BCUT2D eigenvalue weighted by Gasteiger charge is 2.12. The highest BCUT2D eigenvalue weighted by atomic mass is 32.2. The third-order valence-electron chi connectivity index (χ3n) is 2.71. The van der Waals surface area contributed by atoms with Crippen LogP contribution in [0.3, 0.4) is 0 Å². The van der Waals surface area contributed by atoms with E-state index < -0.39 is 10.0 Å². The molecule has 0 fully saturated rings. The summed E-state index contributed by atoms with van der Waals surface area (Å²) in [7, 11) is -3.74. The second-order valence-electron chi connectivity index (χ2n) is 4.06. The van der Waals surface area contributed by atoms with Crippen LogP contribution in [0.15, 0.2) is 57.8 Å². The summed E-state index contributed by atoms with van der Waals surface area (Å²) in [4.78, 5) is 4.31. The van der Waals surface area contributed by atoms with Crippen LogP contribution < -0.4 is 5.14 Å². The molecule has 2 aromatic carbocycles. The van der Waals surface area contributed by atoms with Crippen LogP contribution in [0.2, 0.25) is 0 Å². The summed E-state index contributed by atoms with van der Waals surface area (Å²) >= 11 is 0. The van der Waals surface area contributed by atoms with E-state index in [4.69, 9.17) is 9.56 Å². The van der Waals surface area contributed by atoms with Gasteiger partial charge >= 0.3 is 0 Å². The van der Waals surface area contributed by atoms with Gasteiger partial charge in [0.1, 0.15) is 5.52 Å². The quantitative estimate of drug-likeness (QED) is 0.775. The number of benzene rings is 2. The Kier molecular flexibility index (Phi) is 2.62. The van der Waals surface area contributed by atoms with Gasteiger partial charge in [-0.1, -0.05) is 18.2 Å². The number of hydrogen-bond acceptors (Lipinski definition) is 4. The van der Waals surface area contributed by atoms with E-state index in [1.165, 1.54) is 12.1 Å². The summed E-state index contributed by atoms with van der Waals surface area (Å²) in [6.45, 7) is 0. The van der Waals surface area contributed by atoms with Crippen LogP contribution >= 0.6 is 0 Å². The normalized spacial score (nSPS) is 11.8. The molecule has 3 aromatic rings. The van der Waals surface area contributed by atoms with Crippen LogP contribution in [0.5, 0.6) is 0 Å². The first-order valence-corrected chi connectivity index (χ1v) is 7.07. The fraction of sp³-hybridized carbons (Fsp3) is 0. The second kappa shape index (κ2) is 4.18. The lowest BCUT2D eigenvalue weighted by Gasteiger charge is -1.95. The number of fused-ring (bicyclic) bond motifs is 1. The Morgan fingerprint density at radius 2 is 1.79 bits per heavy atom. The summed E-state index contributed by atoms with van der Waals surface area (Å²) in [6.07, 6.45) is 0. The lowest BCUT2D eigenvalue weighted by atomic mass is 10.2. The van der Waals surface area contributed by atoms with Crippen molar-refractivity contribution in [1.29, 1.82) is 0 Å². The van der Waals surface area contributed by atoms with Crippen molar-refractivity contribution in [1.82, 2.24) is 4.98 Å². The Bertz CT molecular complexity index is 839. The third kappa shape index (κ3) is 2.23. The van der Waals surface area contributed by atoms with E-state index in [0.717, 1.165) is 5.56 Å². The molecule has 96 valence electrons. The number of aromatic nitrogens is 1. The molecule has 0 saturated heterocycles. The second-order valence-corrected chi connectivity index (χ2v) is 5.62. The number of oxazole rings is 1. The van der Waals surface area contributed by atoms with Crippen LogP contribution in [0, 0.1) is 0 Å². The molecule has 3 rings (SSSR count). The van der Waals surface area contributed by atoms with Gasteiger partial charge in [0.25, 0.3) is 0 Å². The van der Waals surface area contributed by atoms with Gasteiger partial charge in [-0.2, -0.15) is 0 Å². The molecular formula is C13H10N2O3S. The Labute approximate surface area is 109 Å². The molecule has 1 heterocycles. The molecule has 2 N–H and O–H groups in total. The monoisotopic (exact) mass is 274 g/mol. The van der Waals surface area contributed by atoms with E-state index >= 15 is 0 Å². The third-order valence-corrected chi connectivity index (χ3v) is 3.62. The Balaban J connectivity index is 2.17. The number of hydrogen-bond donors (Lipinski definition) is 1. The number of nitrogens with zero attached hydrogens (tertiary/aromatic N) is 1. The topological polar surface area (TPSA) is 86.2 Å². The zero-order valence-corrected chi connectivity index (χ0v) is 10.6. The van der Waals surface area contributed by atoms with Gasteiger partial charge in [0.05, 0.1) is 4.90 Å². The number of rotatable bonds is 2. The molecule has 0 atom stereocenters. The highest BCUT2D eigenvalue weighted by Crippen LogP contribution is 2.25. The summed E-state index contributed by atoms with van der Waals surface area (Å²) in [5, 5.41) is 5.08. The largest absolute Gasteiger partial charge is 0.436 e. The molecule has 1 aromatic heterocycles. The van der Waals surface area contributed by atoms with Gasteiger partial charge in [0, 0.05) is 11.6 Å². The number of nitrogens with two attached hydrogens (primary N) is 1. The first-order chi connectivity index (χ1) is 9.04. The van der Waals surface area contributed by atoms with Crippen molar-refractivity contribution >= 4 is 21.1 Å². The summed E-state index contributed by atoms with van der Waals surface area (Å²) in [5.41, 5.74) is 1.81. The molecule has 0 amide bonds. The first kappa shape index (κ1) is 11.9. The predicted octanol–water partition coefficient (Wildman–Crippen LogP) is 2.14. The van der Waals surface area contributed by atoms with E-state index in [0.29, 0.717) is 17.0 Å². The molecule has 0 aliphatic rings. The minimum atomic E-state index is -3.74. The van der Waals surface area contributed by atoms with Crippen molar-refractivity contribution in [3.8, 4) is 11.5 Å². The van der Waals surface area contributed by atoms with E-state index in [9.17, 15) is 8.42 Å². The van der Waals surface area contributed by atoms with Crippen LogP contribution in [0.1, 0.15) is 0 Å². The average Bonchev–Trinajstić information content (AvgIpc) is 2.81. The fourth-order valence-electron chi connectivity index (χ4n) is 1.79. The lowest BCUT2D eigenvalue weighted by Crippen LogP contribution is -2.11. The first-order valence-electron chi connectivity index (χ1n) is 5.53. The van der Waals surface area contributed by atoms with Gasteiger partial charge < -0.3 is 4.42 Å². The summed E-state index contributed by atoms with van der Waals surface area (Å²) in [5.74, 6) is 0.446. The SMILES string of the molecule is NS(=O)(=O)c1ccc2nc(-c3ccccc3)oc2c1. The molecule has 0 aliphatic heterocycles. The summed E-state index contributed by atoms with van der Waals surface area (Å²) in [6, 6.07) is 13.7. The van der Waals surface area contributed by atoms with Gasteiger partial charge in [-0.3, -0.25) is 0 Å². The molecule has 0 bridgehead atoms. The Morgan fingerprint density at radius 1 is 1.05 bits per heavy atom. The van der Waals surface area contributed by atoms with Gasteiger partial charge in [-0.05, 0) is 24.3 Å². The van der Waals surface area contributed by atoms with Crippen molar-refractivity contribution in [2.45, 2.75) is 4.90 Å². The van der Waals surface area contributed by atoms with E-state index in [-0.39, 0.29) is 4.90 Å². The van der Waals surface area contributed by atoms with Gasteiger partial charge in [0.2, 0.25) is 15.9 Å². The van der Waals surface area contributed by atoms with E-state index in [1.807, 2.05) is 30.3 Å². The molecule has 0 radical (unpaired) electrons. The molecule has 6 heteroatoms. The van der Waals surface area contributed by atoms with Crippen LogP contribution in [0.25, 0.3) is 22.6 Å². The minimum absolute atomic E-state index is 0.00996. The maximum absolute atomic E-state index is 11.3. The van der Waals surface area contributed by atoms with Crippen molar-refractivity contribution in [2.75, 3.05) is 0 Å². The molecular weight excluding hydrogens is 264 g/mol. The Morgan fingerprint density at radius 3 is 2.47 bits per heavy atom. The van der Waals surface area contributed by atoms with Gasteiger partial charge in [-0.15, -0.1) is 0 Å².